The maximum atomic E-state index is 12.2. The molecule has 2 saturated heterocycles. The number of aromatic nitrogens is 2. The minimum atomic E-state index is -0.299. The number of hydrogen-bond acceptors (Lipinski definition) is 6. The van der Waals surface area contributed by atoms with Crippen LogP contribution < -0.4 is 15.1 Å². The van der Waals surface area contributed by atoms with Gasteiger partial charge in [0.05, 0.1) is 0 Å². The molecule has 0 radical (unpaired) electrons. The lowest BCUT2D eigenvalue weighted by Gasteiger charge is -2.36. The van der Waals surface area contributed by atoms with Gasteiger partial charge >= 0.3 is 0 Å². The van der Waals surface area contributed by atoms with E-state index in [1.807, 2.05) is 42.7 Å². The van der Waals surface area contributed by atoms with Crippen molar-refractivity contribution in [1.82, 2.24) is 15.3 Å². The second-order valence-corrected chi connectivity index (χ2v) is 6.87. The molecular formula is C20H25N5O2. The zero-order chi connectivity index (χ0) is 18.5. The highest BCUT2D eigenvalue weighted by molar-refractivity contribution is 5.81. The molecule has 4 rings (SSSR count). The molecule has 2 aliphatic heterocycles. The number of ether oxygens (including phenoxy) is 1. The van der Waals surface area contributed by atoms with E-state index >= 15 is 0 Å². The normalized spacial score (nSPS) is 19.9. The maximum absolute atomic E-state index is 12.2. The lowest BCUT2D eigenvalue weighted by molar-refractivity contribution is -0.130. The number of pyridine rings is 2. The molecule has 1 N–H and O–H groups in total. The standard InChI is InChI=1S/C20H25N5O2/c26-20(17-6-4-14-27-17)23-15-16-5-3-9-22-19(16)25-12-10-24(11-13-25)18-7-1-2-8-21-18/h1-3,5,7-9,17H,4,6,10-15H2,(H,23,26)/t17-/m0/s1. The number of carbonyl (C=O) groups is 1. The fourth-order valence-electron chi connectivity index (χ4n) is 3.62. The number of nitrogens with zero attached hydrogens (tertiary/aromatic N) is 4. The van der Waals surface area contributed by atoms with Crippen molar-refractivity contribution >= 4 is 17.5 Å². The van der Waals surface area contributed by atoms with E-state index in [-0.39, 0.29) is 12.0 Å². The lowest BCUT2D eigenvalue weighted by Crippen LogP contribution is -2.47. The third-order valence-electron chi connectivity index (χ3n) is 5.10. The van der Waals surface area contributed by atoms with Gasteiger partial charge in [0.25, 0.3) is 0 Å². The van der Waals surface area contributed by atoms with Crippen LogP contribution in [0.3, 0.4) is 0 Å². The Balaban J connectivity index is 1.37. The first-order valence-corrected chi connectivity index (χ1v) is 9.55. The van der Waals surface area contributed by atoms with Crippen molar-refractivity contribution in [2.45, 2.75) is 25.5 Å². The molecule has 2 aromatic rings. The van der Waals surface area contributed by atoms with E-state index in [0.29, 0.717) is 13.2 Å². The Morgan fingerprint density at radius 1 is 1.07 bits per heavy atom. The third-order valence-corrected chi connectivity index (χ3v) is 5.10. The van der Waals surface area contributed by atoms with E-state index < -0.39 is 0 Å². The Morgan fingerprint density at radius 2 is 1.89 bits per heavy atom. The topological polar surface area (TPSA) is 70.6 Å². The van der Waals surface area contributed by atoms with Gasteiger partial charge < -0.3 is 19.9 Å². The first-order valence-electron chi connectivity index (χ1n) is 9.55. The zero-order valence-electron chi connectivity index (χ0n) is 15.4. The quantitative estimate of drug-likeness (QED) is 0.866. The molecule has 142 valence electrons. The molecule has 1 amide bonds. The van der Waals surface area contributed by atoms with Crippen LogP contribution >= 0.6 is 0 Å². The minimum Gasteiger partial charge on any atom is -0.368 e. The van der Waals surface area contributed by atoms with Crippen molar-refractivity contribution in [3.8, 4) is 0 Å². The summed E-state index contributed by atoms with van der Waals surface area (Å²) < 4.78 is 5.45. The first-order chi connectivity index (χ1) is 13.3. The maximum Gasteiger partial charge on any atom is 0.249 e. The van der Waals surface area contributed by atoms with Gasteiger partial charge in [-0.25, -0.2) is 9.97 Å². The van der Waals surface area contributed by atoms with Gasteiger partial charge in [-0.1, -0.05) is 12.1 Å². The average Bonchev–Trinajstić information content (AvgIpc) is 3.28. The number of rotatable bonds is 5. The van der Waals surface area contributed by atoms with Crippen LogP contribution in [-0.4, -0.2) is 54.8 Å². The molecule has 27 heavy (non-hydrogen) atoms. The van der Waals surface area contributed by atoms with Crippen LogP contribution in [0.25, 0.3) is 0 Å². The summed E-state index contributed by atoms with van der Waals surface area (Å²) in [7, 11) is 0. The Bertz CT molecular complexity index is 756. The largest absolute Gasteiger partial charge is 0.368 e. The number of amides is 1. The summed E-state index contributed by atoms with van der Waals surface area (Å²) in [4.78, 5) is 25.8. The van der Waals surface area contributed by atoms with Crippen LogP contribution in [0.5, 0.6) is 0 Å². The van der Waals surface area contributed by atoms with Gasteiger partial charge in [-0.15, -0.1) is 0 Å². The first kappa shape index (κ1) is 17.7. The summed E-state index contributed by atoms with van der Waals surface area (Å²) in [6.07, 6.45) is 5.10. The summed E-state index contributed by atoms with van der Waals surface area (Å²) in [6.45, 7) is 4.70. The Hall–Kier alpha value is -2.67. The van der Waals surface area contributed by atoms with Crippen LogP contribution in [0, 0.1) is 0 Å². The molecule has 1 atom stereocenters. The van der Waals surface area contributed by atoms with E-state index in [0.717, 1.165) is 56.2 Å². The number of anilines is 2. The summed E-state index contributed by atoms with van der Waals surface area (Å²) >= 11 is 0. The van der Waals surface area contributed by atoms with Crippen molar-refractivity contribution in [3.05, 3.63) is 48.3 Å². The third kappa shape index (κ3) is 4.19. The molecule has 0 saturated carbocycles. The van der Waals surface area contributed by atoms with E-state index in [2.05, 4.69) is 25.1 Å². The van der Waals surface area contributed by atoms with Gasteiger partial charge in [0.1, 0.15) is 17.7 Å². The monoisotopic (exact) mass is 367 g/mol. The molecule has 4 heterocycles. The molecule has 0 bridgehead atoms. The molecule has 7 heteroatoms. The molecule has 7 nitrogen and oxygen atoms in total. The molecule has 2 aromatic heterocycles. The Labute approximate surface area is 159 Å². The van der Waals surface area contributed by atoms with Crippen molar-refractivity contribution in [2.24, 2.45) is 0 Å². The highest BCUT2D eigenvalue weighted by Gasteiger charge is 2.24. The van der Waals surface area contributed by atoms with Gasteiger partial charge in [-0.3, -0.25) is 4.79 Å². The predicted octanol–water partition coefficient (Wildman–Crippen LogP) is 1.60. The fraction of sp³-hybridized carbons (Fsp3) is 0.450. The fourth-order valence-corrected chi connectivity index (χ4v) is 3.62. The van der Waals surface area contributed by atoms with Crippen LogP contribution in [0.15, 0.2) is 42.7 Å². The van der Waals surface area contributed by atoms with E-state index in [1.165, 1.54) is 0 Å². The summed E-state index contributed by atoms with van der Waals surface area (Å²) in [5.74, 6) is 1.94. The average molecular weight is 367 g/mol. The van der Waals surface area contributed by atoms with Crippen molar-refractivity contribution in [1.29, 1.82) is 0 Å². The van der Waals surface area contributed by atoms with Gasteiger partial charge in [0, 0.05) is 57.3 Å². The molecule has 0 aliphatic carbocycles. The van der Waals surface area contributed by atoms with Crippen molar-refractivity contribution in [3.63, 3.8) is 0 Å². The van der Waals surface area contributed by atoms with Gasteiger partial charge in [0.15, 0.2) is 0 Å². The van der Waals surface area contributed by atoms with Gasteiger partial charge in [-0.05, 0) is 31.0 Å². The predicted molar refractivity (Wildman–Crippen MR) is 104 cm³/mol. The highest BCUT2D eigenvalue weighted by atomic mass is 16.5. The van der Waals surface area contributed by atoms with Gasteiger partial charge in [0.2, 0.25) is 5.91 Å². The van der Waals surface area contributed by atoms with Crippen LogP contribution in [0.2, 0.25) is 0 Å². The van der Waals surface area contributed by atoms with Gasteiger partial charge in [-0.2, -0.15) is 0 Å². The lowest BCUT2D eigenvalue weighted by atomic mass is 10.2. The SMILES string of the molecule is O=C(NCc1cccnc1N1CCN(c2ccccn2)CC1)[C@@H]1CCCO1. The number of hydrogen-bond donors (Lipinski definition) is 1. The zero-order valence-corrected chi connectivity index (χ0v) is 15.4. The van der Waals surface area contributed by atoms with Crippen molar-refractivity contribution < 1.29 is 9.53 Å². The van der Waals surface area contributed by atoms with Crippen LogP contribution in [-0.2, 0) is 16.1 Å². The summed E-state index contributed by atoms with van der Waals surface area (Å²) in [6, 6.07) is 9.94. The molecule has 0 aromatic carbocycles. The van der Waals surface area contributed by atoms with Crippen molar-refractivity contribution in [2.75, 3.05) is 42.6 Å². The summed E-state index contributed by atoms with van der Waals surface area (Å²) in [5.41, 5.74) is 1.04. The van der Waals surface area contributed by atoms with E-state index in [9.17, 15) is 4.79 Å². The smallest absolute Gasteiger partial charge is 0.249 e. The molecule has 0 unspecified atom stereocenters. The second-order valence-electron chi connectivity index (χ2n) is 6.87. The molecule has 2 fully saturated rings. The molecule has 2 aliphatic rings. The number of carbonyl (C=O) groups excluding carboxylic acids is 1. The molecular weight excluding hydrogens is 342 g/mol. The van der Waals surface area contributed by atoms with E-state index in [1.54, 1.807) is 0 Å². The summed E-state index contributed by atoms with van der Waals surface area (Å²) in [5, 5.41) is 3.00. The highest BCUT2D eigenvalue weighted by Crippen LogP contribution is 2.21. The number of nitrogens with one attached hydrogen (secondary N) is 1. The molecule has 0 spiro atoms. The Morgan fingerprint density at radius 3 is 2.63 bits per heavy atom. The van der Waals surface area contributed by atoms with E-state index in [4.69, 9.17) is 4.74 Å². The number of piperazine rings is 1. The van der Waals surface area contributed by atoms with Crippen LogP contribution in [0.4, 0.5) is 11.6 Å². The second kappa shape index (κ2) is 8.35. The van der Waals surface area contributed by atoms with Crippen LogP contribution in [0.1, 0.15) is 18.4 Å². The Kier molecular flexibility index (Phi) is 5.48. The minimum absolute atomic E-state index is 0.0257.